The Bertz CT molecular complexity index is 307. The molecule has 0 amide bonds. The SMILES string of the molecule is CC1=[C-]Oc2ccccc2O1.[Li+]. The summed E-state index contributed by atoms with van der Waals surface area (Å²) in [6, 6.07) is 7.50. The second kappa shape index (κ2) is 3.71. The number of hydrogen-bond donors (Lipinski definition) is 0. The molecule has 0 unspecified atom stereocenters. The van der Waals surface area contributed by atoms with Crippen molar-refractivity contribution < 1.29 is 28.3 Å². The summed E-state index contributed by atoms with van der Waals surface area (Å²) in [5.74, 6) is 2.13. The number of benzene rings is 1. The molecule has 0 atom stereocenters. The monoisotopic (exact) mass is 154 g/mol. The van der Waals surface area contributed by atoms with Crippen LogP contribution in [0.4, 0.5) is 0 Å². The molecule has 0 saturated carbocycles. The van der Waals surface area contributed by atoms with Crippen molar-refractivity contribution in [2.75, 3.05) is 0 Å². The minimum Gasteiger partial charge on any atom is -0.636 e. The van der Waals surface area contributed by atoms with Gasteiger partial charge in [-0.3, -0.25) is 0 Å². The van der Waals surface area contributed by atoms with Gasteiger partial charge < -0.3 is 9.47 Å². The Morgan fingerprint density at radius 1 is 1.17 bits per heavy atom. The fourth-order valence-corrected chi connectivity index (χ4v) is 0.931. The molecule has 0 saturated heterocycles. The summed E-state index contributed by atoms with van der Waals surface area (Å²) in [7, 11) is 0. The zero-order chi connectivity index (χ0) is 7.68. The van der Waals surface area contributed by atoms with Crippen LogP contribution in [0.25, 0.3) is 0 Å². The summed E-state index contributed by atoms with van der Waals surface area (Å²) in [5.41, 5.74) is 0. The van der Waals surface area contributed by atoms with Crippen molar-refractivity contribution in [2.45, 2.75) is 6.92 Å². The third kappa shape index (κ3) is 1.66. The Labute approximate surface area is 83.4 Å². The van der Waals surface area contributed by atoms with Crippen molar-refractivity contribution in [1.29, 1.82) is 0 Å². The molecular formula is C9H7LiO2. The third-order valence-corrected chi connectivity index (χ3v) is 1.42. The second-order valence-corrected chi connectivity index (χ2v) is 2.31. The molecule has 56 valence electrons. The molecule has 0 N–H and O–H groups in total. The normalized spacial score (nSPS) is 12.9. The molecule has 1 aliphatic heterocycles. The number of para-hydroxylation sites is 2. The van der Waals surface area contributed by atoms with E-state index in [0.717, 1.165) is 11.5 Å². The molecule has 1 aromatic carbocycles. The number of rotatable bonds is 0. The molecule has 0 fully saturated rings. The van der Waals surface area contributed by atoms with E-state index in [2.05, 4.69) is 6.26 Å². The van der Waals surface area contributed by atoms with Crippen molar-refractivity contribution in [3.05, 3.63) is 36.3 Å². The smallest absolute Gasteiger partial charge is 0.636 e. The van der Waals surface area contributed by atoms with E-state index in [-0.39, 0.29) is 18.9 Å². The van der Waals surface area contributed by atoms with Gasteiger partial charge in [0.1, 0.15) is 0 Å². The summed E-state index contributed by atoms with van der Waals surface area (Å²) in [6.45, 7) is 1.80. The van der Waals surface area contributed by atoms with Crippen LogP contribution in [-0.4, -0.2) is 0 Å². The van der Waals surface area contributed by atoms with Gasteiger partial charge in [-0.25, -0.2) is 0 Å². The van der Waals surface area contributed by atoms with Gasteiger partial charge in [-0.15, -0.1) is 6.07 Å². The molecule has 0 bridgehead atoms. The Balaban J connectivity index is 0.000000720. The first-order valence-electron chi connectivity index (χ1n) is 3.39. The summed E-state index contributed by atoms with van der Waals surface area (Å²) in [5, 5.41) is 0. The molecule has 1 aromatic rings. The molecule has 0 radical (unpaired) electrons. The van der Waals surface area contributed by atoms with Crippen LogP contribution in [0.1, 0.15) is 6.92 Å². The maximum absolute atomic E-state index is 5.31. The van der Waals surface area contributed by atoms with Gasteiger partial charge in [-0.2, -0.15) is 0 Å². The molecule has 0 aromatic heterocycles. The Morgan fingerprint density at radius 2 is 1.83 bits per heavy atom. The summed E-state index contributed by atoms with van der Waals surface area (Å²) in [6.07, 6.45) is 2.63. The number of fused-ring (bicyclic) bond motifs is 1. The van der Waals surface area contributed by atoms with E-state index in [9.17, 15) is 0 Å². The van der Waals surface area contributed by atoms with Crippen molar-refractivity contribution in [3.63, 3.8) is 0 Å². The molecule has 0 aliphatic carbocycles. The molecule has 3 heteroatoms. The third-order valence-electron chi connectivity index (χ3n) is 1.42. The van der Waals surface area contributed by atoms with E-state index in [1.807, 2.05) is 24.3 Å². The van der Waals surface area contributed by atoms with Crippen LogP contribution < -0.4 is 28.3 Å². The molecule has 1 heterocycles. The fraction of sp³-hybridized carbons (Fsp3) is 0.111. The van der Waals surface area contributed by atoms with Crippen LogP contribution in [0.5, 0.6) is 11.5 Å². The maximum Gasteiger partial charge on any atom is 1.00 e. The molecule has 2 nitrogen and oxygen atoms in total. The second-order valence-electron chi connectivity index (χ2n) is 2.31. The van der Waals surface area contributed by atoms with Crippen molar-refractivity contribution in [2.24, 2.45) is 0 Å². The first-order chi connectivity index (χ1) is 5.36. The number of ether oxygens (including phenoxy) is 2. The van der Waals surface area contributed by atoms with Gasteiger partial charge in [-0.05, 0) is 19.3 Å². The molecule has 0 spiro atoms. The van der Waals surface area contributed by atoms with E-state index in [0.29, 0.717) is 5.76 Å². The predicted molar refractivity (Wildman–Crippen MR) is 40.1 cm³/mol. The van der Waals surface area contributed by atoms with Crippen molar-refractivity contribution in [1.82, 2.24) is 0 Å². The molecular weight excluding hydrogens is 147 g/mol. The van der Waals surface area contributed by atoms with Crippen molar-refractivity contribution >= 4 is 0 Å². The first kappa shape index (κ1) is 9.25. The quantitative estimate of drug-likeness (QED) is 0.357. The van der Waals surface area contributed by atoms with E-state index in [1.54, 1.807) is 6.92 Å². The van der Waals surface area contributed by atoms with Gasteiger partial charge in [0.2, 0.25) is 0 Å². The number of hydrogen-bond acceptors (Lipinski definition) is 2. The summed E-state index contributed by atoms with van der Waals surface area (Å²) in [4.78, 5) is 0. The van der Waals surface area contributed by atoms with Gasteiger partial charge in [0.05, 0.1) is 5.75 Å². The average molecular weight is 154 g/mol. The van der Waals surface area contributed by atoms with Gasteiger partial charge in [0.15, 0.2) is 0 Å². The van der Waals surface area contributed by atoms with Gasteiger partial charge >= 0.3 is 18.9 Å². The standard InChI is InChI=1S/C9H7O2.Li/c1-7-6-10-8-4-2-3-5-9(8)11-7;/h2-5H,1H3;/q-1;+1. The zero-order valence-electron chi connectivity index (χ0n) is 7.13. The Morgan fingerprint density at radius 3 is 2.58 bits per heavy atom. The predicted octanol–water partition coefficient (Wildman–Crippen LogP) is -0.874. The maximum atomic E-state index is 5.31. The topological polar surface area (TPSA) is 18.5 Å². The average Bonchev–Trinajstić information content (AvgIpc) is 2.04. The Kier molecular flexibility index (Phi) is 2.86. The number of allylic oxidation sites excluding steroid dienone is 1. The van der Waals surface area contributed by atoms with Crippen LogP contribution >= 0.6 is 0 Å². The van der Waals surface area contributed by atoms with Crippen LogP contribution in [0.2, 0.25) is 0 Å². The van der Waals surface area contributed by atoms with Crippen LogP contribution in [-0.2, 0) is 0 Å². The van der Waals surface area contributed by atoms with Gasteiger partial charge in [0, 0.05) is 11.5 Å². The Hall–Kier alpha value is -0.843. The molecule has 1 aliphatic rings. The minimum atomic E-state index is 0. The first-order valence-corrected chi connectivity index (χ1v) is 3.39. The fourth-order valence-electron chi connectivity index (χ4n) is 0.931. The van der Waals surface area contributed by atoms with E-state index >= 15 is 0 Å². The zero-order valence-corrected chi connectivity index (χ0v) is 7.13. The molecule has 2 rings (SSSR count). The summed E-state index contributed by atoms with van der Waals surface area (Å²) >= 11 is 0. The van der Waals surface area contributed by atoms with Crippen molar-refractivity contribution in [3.8, 4) is 11.5 Å². The van der Waals surface area contributed by atoms with E-state index in [1.165, 1.54) is 0 Å². The van der Waals surface area contributed by atoms with Crippen LogP contribution in [0.15, 0.2) is 30.0 Å². The minimum absolute atomic E-state index is 0. The largest absolute Gasteiger partial charge is 1.00 e. The summed E-state index contributed by atoms with van der Waals surface area (Å²) < 4.78 is 10.4. The van der Waals surface area contributed by atoms with Gasteiger partial charge in [-0.1, -0.05) is 12.1 Å². The molecule has 12 heavy (non-hydrogen) atoms. The van der Waals surface area contributed by atoms with Gasteiger partial charge in [0.25, 0.3) is 0 Å². The van der Waals surface area contributed by atoms with E-state index in [4.69, 9.17) is 9.47 Å². The van der Waals surface area contributed by atoms with Crippen LogP contribution in [0, 0.1) is 6.26 Å². The van der Waals surface area contributed by atoms with Crippen LogP contribution in [0.3, 0.4) is 0 Å². The van der Waals surface area contributed by atoms with E-state index < -0.39 is 0 Å².